The summed E-state index contributed by atoms with van der Waals surface area (Å²) < 4.78 is 8.04. The average Bonchev–Trinajstić information content (AvgIpc) is 2.93. The van der Waals surface area contributed by atoms with Crippen LogP contribution in [-0.4, -0.2) is 14.8 Å². The minimum absolute atomic E-state index is 0.402. The molecule has 2 aromatic heterocycles. The van der Waals surface area contributed by atoms with Crippen molar-refractivity contribution in [1.82, 2.24) is 14.8 Å². The summed E-state index contributed by atoms with van der Waals surface area (Å²) in [5, 5.41) is 4.37. The van der Waals surface area contributed by atoms with Crippen LogP contribution in [0.15, 0.2) is 33.5 Å². The van der Waals surface area contributed by atoms with Crippen LogP contribution in [0.2, 0.25) is 0 Å². The third-order valence-corrected chi connectivity index (χ3v) is 3.69. The van der Waals surface area contributed by atoms with E-state index in [1.165, 1.54) is 6.39 Å². The van der Waals surface area contributed by atoms with E-state index >= 15 is 0 Å². The van der Waals surface area contributed by atoms with Crippen LogP contribution in [0, 0.1) is 0 Å². The molecule has 0 amide bonds. The van der Waals surface area contributed by atoms with Crippen LogP contribution in [0.25, 0.3) is 22.4 Å². The predicted molar refractivity (Wildman–Crippen MR) is 71.8 cm³/mol. The Hall–Kier alpha value is -1.66. The van der Waals surface area contributed by atoms with Gasteiger partial charge in [0, 0.05) is 19.2 Å². The van der Waals surface area contributed by atoms with Crippen molar-refractivity contribution in [2.45, 2.75) is 6.54 Å². The first-order valence-corrected chi connectivity index (χ1v) is 6.25. The van der Waals surface area contributed by atoms with Crippen LogP contribution in [0.1, 0.15) is 5.69 Å². The normalized spacial score (nSPS) is 11.3. The lowest BCUT2D eigenvalue weighted by Gasteiger charge is -2.02. The maximum Gasteiger partial charge on any atom is 0.181 e. The fourth-order valence-corrected chi connectivity index (χ4v) is 2.73. The molecule has 1 aromatic carbocycles. The predicted octanol–water partition coefficient (Wildman–Crippen LogP) is 2.45. The molecule has 92 valence electrons. The number of hydrogen-bond donors (Lipinski definition) is 1. The Morgan fingerprint density at radius 2 is 2.28 bits per heavy atom. The number of rotatable bonds is 2. The van der Waals surface area contributed by atoms with Gasteiger partial charge in [-0.15, -0.1) is 0 Å². The lowest BCUT2D eigenvalue weighted by molar-refractivity contribution is 0.602. The van der Waals surface area contributed by atoms with E-state index in [1.807, 2.05) is 29.9 Å². The van der Waals surface area contributed by atoms with Gasteiger partial charge in [0.1, 0.15) is 5.52 Å². The second-order valence-electron chi connectivity index (χ2n) is 3.97. The Labute approximate surface area is 112 Å². The van der Waals surface area contributed by atoms with Gasteiger partial charge < -0.3 is 10.2 Å². The fraction of sp³-hybridized carbons (Fsp3) is 0.167. The van der Waals surface area contributed by atoms with E-state index in [9.17, 15) is 0 Å². The molecule has 0 aliphatic heterocycles. The number of aromatic nitrogens is 3. The topological polar surface area (TPSA) is 69.9 Å². The van der Waals surface area contributed by atoms with Crippen LogP contribution in [0.5, 0.6) is 0 Å². The lowest BCUT2D eigenvalue weighted by atomic mass is 10.1. The zero-order valence-corrected chi connectivity index (χ0v) is 11.3. The van der Waals surface area contributed by atoms with Gasteiger partial charge in [0.2, 0.25) is 0 Å². The van der Waals surface area contributed by atoms with Gasteiger partial charge >= 0.3 is 0 Å². The molecule has 0 radical (unpaired) electrons. The summed E-state index contributed by atoms with van der Waals surface area (Å²) in [7, 11) is 1.89. The van der Waals surface area contributed by atoms with Crippen LogP contribution in [0.4, 0.5) is 0 Å². The molecule has 0 unspecified atom stereocenters. The standard InChI is InChI=1S/C12H11BrN4O/c1-17-12(11(13)9(5-14)16-17)7-2-3-8-10(4-7)18-6-15-8/h2-4,6H,5,14H2,1H3. The van der Waals surface area contributed by atoms with Crippen LogP contribution >= 0.6 is 15.9 Å². The van der Waals surface area contributed by atoms with Crippen molar-refractivity contribution < 1.29 is 4.42 Å². The molecule has 0 aliphatic rings. The summed E-state index contributed by atoms with van der Waals surface area (Å²) in [6.45, 7) is 0.402. The molecule has 0 atom stereocenters. The van der Waals surface area contributed by atoms with Gasteiger partial charge in [0.15, 0.2) is 12.0 Å². The number of oxazole rings is 1. The van der Waals surface area contributed by atoms with E-state index in [-0.39, 0.29) is 0 Å². The Kier molecular flexibility index (Phi) is 2.68. The number of fused-ring (bicyclic) bond motifs is 1. The molecular formula is C12H11BrN4O. The van der Waals surface area contributed by atoms with Crippen LogP contribution in [0.3, 0.4) is 0 Å². The molecule has 0 fully saturated rings. The Balaban J connectivity index is 2.21. The average molecular weight is 307 g/mol. The zero-order valence-electron chi connectivity index (χ0n) is 9.72. The molecule has 2 N–H and O–H groups in total. The monoisotopic (exact) mass is 306 g/mol. The van der Waals surface area contributed by atoms with Gasteiger partial charge in [-0.05, 0) is 28.1 Å². The number of benzene rings is 1. The van der Waals surface area contributed by atoms with Gasteiger partial charge in [-0.25, -0.2) is 4.98 Å². The largest absolute Gasteiger partial charge is 0.443 e. The maximum absolute atomic E-state index is 5.65. The summed E-state index contributed by atoms with van der Waals surface area (Å²) in [6, 6.07) is 5.87. The molecule has 6 heteroatoms. The zero-order chi connectivity index (χ0) is 12.7. The Bertz CT molecular complexity index is 716. The summed E-state index contributed by atoms with van der Waals surface area (Å²) >= 11 is 3.54. The first kappa shape index (κ1) is 11.4. The highest BCUT2D eigenvalue weighted by Crippen LogP contribution is 2.32. The van der Waals surface area contributed by atoms with Crippen molar-refractivity contribution in [3.05, 3.63) is 34.8 Å². The highest BCUT2D eigenvalue weighted by molar-refractivity contribution is 9.10. The van der Waals surface area contributed by atoms with Crippen molar-refractivity contribution in [3.8, 4) is 11.3 Å². The first-order chi connectivity index (χ1) is 8.70. The molecule has 0 aliphatic carbocycles. The fourth-order valence-electron chi connectivity index (χ4n) is 2.00. The maximum atomic E-state index is 5.65. The van der Waals surface area contributed by atoms with Crippen molar-refractivity contribution in [1.29, 1.82) is 0 Å². The van der Waals surface area contributed by atoms with Crippen molar-refractivity contribution in [2.24, 2.45) is 12.8 Å². The number of aryl methyl sites for hydroxylation is 1. The second-order valence-corrected chi connectivity index (χ2v) is 4.76. The Morgan fingerprint density at radius 3 is 3.00 bits per heavy atom. The van der Waals surface area contributed by atoms with Crippen molar-refractivity contribution >= 4 is 27.0 Å². The number of hydrogen-bond acceptors (Lipinski definition) is 4. The summed E-state index contributed by atoms with van der Waals surface area (Å²) in [4.78, 5) is 4.10. The second kappa shape index (κ2) is 4.22. The molecule has 0 bridgehead atoms. The lowest BCUT2D eigenvalue weighted by Crippen LogP contribution is -1.99. The Morgan fingerprint density at radius 1 is 1.44 bits per heavy atom. The summed E-state index contributed by atoms with van der Waals surface area (Å²) in [5.41, 5.74) is 10.1. The molecule has 0 saturated heterocycles. The number of halogens is 1. The molecule has 5 nitrogen and oxygen atoms in total. The van der Waals surface area contributed by atoms with E-state index in [0.717, 1.165) is 32.5 Å². The van der Waals surface area contributed by atoms with Crippen LogP contribution in [-0.2, 0) is 13.6 Å². The minimum Gasteiger partial charge on any atom is -0.443 e. The third-order valence-electron chi connectivity index (χ3n) is 2.85. The molecule has 0 saturated carbocycles. The van der Waals surface area contributed by atoms with Crippen molar-refractivity contribution in [3.63, 3.8) is 0 Å². The highest BCUT2D eigenvalue weighted by Gasteiger charge is 2.15. The first-order valence-electron chi connectivity index (χ1n) is 5.45. The van der Waals surface area contributed by atoms with E-state index in [0.29, 0.717) is 6.54 Å². The quantitative estimate of drug-likeness (QED) is 0.789. The molecule has 0 spiro atoms. The van der Waals surface area contributed by atoms with Gasteiger partial charge in [-0.1, -0.05) is 6.07 Å². The van der Waals surface area contributed by atoms with Gasteiger partial charge in [-0.3, -0.25) is 4.68 Å². The van der Waals surface area contributed by atoms with E-state index < -0.39 is 0 Å². The molecular weight excluding hydrogens is 296 g/mol. The van der Waals surface area contributed by atoms with E-state index in [2.05, 4.69) is 26.0 Å². The highest BCUT2D eigenvalue weighted by atomic mass is 79.9. The smallest absolute Gasteiger partial charge is 0.181 e. The molecule has 3 aromatic rings. The van der Waals surface area contributed by atoms with Gasteiger partial charge in [0.05, 0.1) is 15.9 Å². The number of nitrogens with two attached hydrogens (primary N) is 1. The van der Waals surface area contributed by atoms with Gasteiger partial charge in [-0.2, -0.15) is 5.10 Å². The molecule has 18 heavy (non-hydrogen) atoms. The van der Waals surface area contributed by atoms with Crippen molar-refractivity contribution in [2.75, 3.05) is 0 Å². The molecule has 3 rings (SSSR count). The van der Waals surface area contributed by atoms with Gasteiger partial charge in [0.25, 0.3) is 0 Å². The number of nitrogens with zero attached hydrogens (tertiary/aromatic N) is 3. The van der Waals surface area contributed by atoms with Crippen LogP contribution < -0.4 is 5.73 Å². The minimum atomic E-state index is 0.402. The van der Waals surface area contributed by atoms with E-state index in [1.54, 1.807) is 0 Å². The third kappa shape index (κ3) is 1.65. The summed E-state index contributed by atoms with van der Waals surface area (Å²) in [5.74, 6) is 0. The SMILES string of the molecule is Cn1nc(CN)c(Br)c1-c1ccc2ncoc2c1. The van der Waals surface area contributed by atoms with E-state index in [4.69, 9.17) is 10.2 Å². The molecule has 2 heterocycles. The summed E-state index contributed by atoms with van der Waals surface area (Å²) in [6.07, 6.45) is 1.44.